The zero-order valence-electron chi connectivity index (χ0n) is 15.4. The highest BCUT2D eigenvalue weighted by Crippen LogP contribution is 2.23. The van der Waals surface area contributed by atoms with Crippen LogP contribution in [0, 0.1) is 0 Å². The molecule has 146 valence electrons. The van der Waals surface area contributed by atoms with Crippen LogP contribution in [0.1, 0.15) is 24.7 Å². The van der Waals surface area contributed by atoms with E-state index in [1.807, 2.05) is 30.6 Å². The third kappa shape index (κ3) is 4.15. The van der Waals surface area contributed by atoms with Gasteiger partial charge in [-0.15, -0.1) is 0 Å². The lowest BCUT2D eigenvalue weighted by Crippen LogP contribution is -2.50. The van der Waals surface area contributed by atoms with Crippen molar-refractivity contribution in [3.63, 3.8) is 0 Å². The molecule has 2 aliphatic heterocycles. The van der Waals surface area contributed by atoms with E-state index in [0.717, 1.165) is 31.0 Å². The van der Waals surface area contributed by atoms with E-state index in [4.69, 9.17) is 0 Å². The maximum absolute atomic E-state index is 12.7. The van der Waals surface area contributed by atoms with E-state index in [1.165, 1.54) is 0 Å². The van der Waals surface area contributed by atoms with Gasteiger partial charge in [-0.3, -0.25) is 0 Å². The number of pyridine rings is 1. The summed E-state index contributed by atoms with van der Waals surface area (Å²) < 4.78 is 29.1. The number of nitrogens with one attached hydrogen (secondary N) is 1. The average Bonchev–Trinajstić information content (AvgIpc) is 3.18. The molecule has 1 fully saturated rings. The summed E-state index contributed by atoms with van der Waals surface area (Å²) in [4.78, 5) is 10.9. The third-order valence-electron chi connectivity index (χ3n) is 5.31. The fourth-order valence-corrected chi connectivity index (χ4v) is 5.19. The number of fused-ring (bicyclic) bond motifs is 1. The summed E-state index contributed by atoms with van der Waals surface area (Å²) in [7, 11) is -3.26. The van der Waals surface area contributed by atoms with Crippen molar-refractivity contribution >= 4 is 15.8 Å². The number of sulfonamides is 1. The summed E-state index contributed by atoms with van der Waals surface area (Å²) in [5, 5.41) is 3.38. The van der Waals surface area contributed by atoms with Gasteiger partial charge >= 0.3 is 0 Å². The molecule has 0 spiro atoms. The van der Waals surface area contributed by atoms with Crippen molar-refractivity contribution in [1.82, 2.24) is 24.2 Å². The minimum absolute atomic E-state index is 0.119. The third-order valence-corrected chi connectivity index (χ3v) is 7.18. The van der Waals surface area contributed by atoms with Crippen molar-refractivity contribution in [2.45, 2.75) is 25.4 Å². The van der Waals surface area contributed by atoms with Gasteiger partial charge in [-0.05, 0) is 25.0 Å². The summed E-state index contributed by atoms with van der Waals surface area (Å²) in [5.74, 6) is 2.04. The molecule has 1 unspecified atom stereocenters. The first kappa shape index (κ1) is 18.4. The highest BCUT2D eigenvalue weighted by atomic mass is 32.2. The molecule has 0 aliphatic carbocycles. The second-order valence-corrected chi connectivity index (χ2v) is 9.11. The summed E-state index contributed by atoms with van der Waals surface area (Å²) in [5.41, 5.74) is 0. The summed E-state index contributed by atoms with van der Waals surface area (Å²) in [6, 6.07) is 5.94. The molecular weight excluding hydrogens is 364 g/mol. The van der Waals surface area contributed by atoms with Gasteiger partial charge in [0.2, 0.25) is 10.0 Å². The Morgan fingerprint density at radius 2 is 1.93 bits per heavy atom. The number of piperazine rings is 1. The number of nitrogens with zero attached hydrogens (tertiary/aromatic N) is 5. The Balaban J connectivity index is 1.28. The average molecular weight is 391 g/mol. The maximum Gasteiger partial charge on any atom is 0.215 e. The monoisotopic (exact) mass is 390 g/mol. The van der Waals surface area contributed by atoms with Crippen LogP contribution in [0.5, 0.6) is 0 Å². The lowest BCUT2D eigenvalue weighted by Gasteiger charge is -2.34. The number of rotatable bonds is 6. The molecule has 1 saturated heterocycles. The van der Waals surface area contributed by atoms with Crippen molar-refractivity contribution in [3.8, 4) is 0 Å². The van der Waals surface area contributed by atoms with E-state index in [9.17, 15) is 8.42 Å². The van der Waals surface area contributed by atoms with Crippen LogP contribution in [-0.2, 0) is 16.6 Å². The SMILES string of the molecule is O=S(=O)(CCNC1CCCn2ccnc21)N1CCN(c2ccccn2)CC1. The predicted octanol–water partition coefficient (Wildman–Crippen LogP) is 0.855. The van der Waals surface area contributed by atoms with Crippen LogP contribution in [0.4, 0.5) is 5.82 Å². The number of hydrogen-bond acceptors (Lipinski definition) is 6. The lowest BCUT2D eigenvalue weighted by atomic mass is 10.1. The predicted molar refractivity (Wildman–Crippen MR) is 104 cm³/mol. The Bertz CT molecular complexity index is 846. The van der Waals surface area contributed by atoms with Gasteiger partial charge in [0.25, 0.3) is 0 Å². The van der Waals surface area contributed by atoms with Gasteiger partial charge in [-0.2, -0.15) is 4.31 Å². The molecule has 1 atom stereocenters. The molecule has 2 aliphatic rings. The quantitative estimate of drug-likeness (QED) is 0.788. The van der Waals surface area contributed by atoms with Gasteiger partial charge in [0.15, 0.2) is 0 Å². The van der Waals surface area contributed by atoms with Crippen LogP contribution < -0.4 is 10.2 Å². The highest BCUT2D eigenvalue weighted by molar-refractivity contribution is 7.89. The number of imidazole rings is 1. The van der Waals surface area contributed by atoms with Gasteiger partial charge < -0.3 is 14.8 Å². The molecule has 0 radical (unpaired) electrons. The molecule has 0 amide bonds. The van der Waals surface area contributed by atoms with Crippen LogP contribution in [0.3, 0.4) is 0 Å². The molecule has 1 N–H and O–H groups in total. The van der Waals surface area contributed by atoms with E-state index >= 15 is 0 Å². The summed E-state index contributed by atoms with van der Waals surface area (Å²) in [6.45, 7) is 3.79. The molecule has 2 aromatic rings. The Kier molecular flexibility index (Phi) is 5.42. The van der Waals surface area contributed by atoms with Crippen LogP contribution in [0.2, 0.25) is 0 Å². The molecule has 27 heavy (non-hydrogen) atoms. The fourth-order valence-electron chi connectivity index (χ4n) is 3.84. The molecular formula is C18H26N6O2S. The minimum atomic E-state index is -3.26. The molecule has 0 aromatic carbocycles. The molecule has 9 heteroatoms. The number of aromatic nitrogens is 3. The van der Waals surface area contributed by atoms with Gasteiger partial charge in [-0.1, -0.05) is 6.07 Å². The molecule has 8 nitrogen and oxygen atoms in total. The Hall–Kier alpha value is -1.97. The standard InChI is InChI=1S/C18H26N6O2S/c25-27(26,15-8-19-16-4-3-9-23-10-7-21-18(16)23)24-13-11-22(12-14-24)17-5-1-2-6-20-17/h1-2,5-7,10,16,19H,3-4,8-9,11-15H2. The summed E-state index contributed by atoms with van der Waals surface area (Å²) >= 11 is 0. The Labute approximate surface area is 160 Å². The fraction of sp³-hybridized carbons (Fsp3) is 0.556. The van der Waals surface area contributed by atoms with Crippen LogP contribution in [0.15, 0.2) is 36.8 Å². The molecule has 0 saturated carbocycles. The number of aryl methyl sites for hydroxylation is 1. The van der Waals surface area contributed by atoms with Crippen molar-refractivity contribution in [3.05, 3.63) is 42.6 Å². The molecule has 4 heterocycles. The highest BCUT2D eigenvalue weighted by Gasteiger charge is 2.28. The number of anilines is 1. The summed E-state index contributed by atoms with van der Waals surface area (Å²) in [6.07, 6.45) is 7.65. The Morgan fingerprint density at radius 1 is 1.07 bits per heavy atom. The van der Waals surface area contributed by atoms with E-state index in [2.05, 4.69) is 24.8 Å². The van der Waals surface area contributed by atoms with E-state index in [0.29, 0.717) is 32.7 Å². The van der Waals surface area contributed by atoms with E-state index in [1.54, 1.807) is 10.5 Å². The van der Waals surface area contributed by atoms with Crippen molar-refractivity contribution in [1.29, 1.82) is 0 Å². The van der Waals surface area contributed by atoms with Crippen LogP contribution >= 0.6 is 0 Å². The van der Waals surface area contributed by atoms with Crippen molar-refractivity contribution in [2.75, 3.05) is 43.4 Å². The van der Waals surface area contributed by atoms with Crippen molar-refractivity contribution in [2.24, 2.45) is 0 Å². The molecule has 4 rings (SSSR count). The van der Waals surface area contributed by atoms with Crippen LogP contribution in [-0.4, -0.2) is 65.7 Å². The molecule has 0 bridgehead atoms. The first-order chi connectivity index (χ1) is 13.1. The Morgan fingerprint density at radius 3 is 2.70 bits per heavy atom. The largest absolute Gasteiger partial charge is 0.354 e. The second-order valence-electron chi connectivity index (χ2n) is 7.02. The van der Waals surface area contributed by atoms with Gasteiger partial charge in [0, 0.05) is 57.9 Å². The minimum Gasteiger partial charge on any atom is -0.354 e. The zero-order valence-corrected chi connectivity index (χ0v) is 16.2. The van der Waals surface area contributed by atoms with Gasteiger partial charge in [0.05, 0.1) is 11.8 Å². The topological polar surface area (TPSA) is 83.4 Å². The van der Waals surface area contributed by atoms with Crippen molar-refractivity contribution < 1.29 is 8.42 Å². The van der Waals surface area contributed by atoms with Gasteiger partial charge in [-0.25, -0.2) is 18.4 Å². The van der Waals surface area contributed by atoms with E-state index < -0.39 is 10.0 Å². The van der Waals surface area contributed by atoms with E-state index in [-0.39, 0.29) is 11.8 Å². The van der Waals surface area contributed by atoms with Crippen LogP contribution in [0.25, 0.3) is 0 Å². The maximum atomic E-state index is 12.7. The second kappa shape index (κ2) is 7.95. The first-order valence-electron chi connectivity index (χ1n) is 9.52. The number of hydrogen-bond donors (Lipinski definition) is 1. The van der Waals surface area contributed by atoms with Gasteiger partial charge in [0.1, 0.15) is 11.6 Å². The zero-order chi connectivity index (χ0) is 18.7. The first-order valence-corrected chi connectivity index (χ1v) is 11.1. The normalized spacial score (nSPS) is 21.2. The molecule has 2 aromatic heterocycles. The lowest BCUT2D eigenvalue weighted by molar-refractivity contribution is 0.375. The smallest absolute Gasteiger partial charge is 0.215 e.